The maximum atomic E-state index is 15.1. The van der Waals surface area contributed by atoms with Gasteiger partial charge in [-0.15, -0.1) is 0 Å². The van der Waals surface area contributed by atoms with Crippen LogP contribution in [0, 0.1) is 22.6 Å². The number of piperidine rings is 1. The number of likely N-dealkylation sites (tertiary alicyclic amines) is 1. The lowest BCUT2D eigenvalue weighted by Crippen LogP contribution is -2.51. The Morgan fingerprint density at radius 1 is 1.30 bits per heavy atom. The summed E-state index contributed by atoms with van der Waals surface area (Å²) in [6.45, 7) is 2.80. The van der Waals surface area contributed by atoms with Crippen LogP contribution in [-0.4, -0.2) is 58.6 Å². The SMILES string of the molecule is C[C@@H]1COc2cc(-c3noc(C(F)(F)F)n3)cc(F)c2CN1C(=O)C1(C#N)CCN(C)CC1. The third-order valence-electron chi connectivity index (χ3n) is 6.15. The molecule has 1 saturated heterocycles. The second-order valence-electron chi connectivity index (χ2n) is 8.45. The van der Waals surface area contributed by atoms with Crippen LogP contribution in [0.1, 0.15) is 31.2 Å². The fraction of sp³-hybridized carbons (Fsp3) is 0.524. The zero-order valence-electron chi connectivity index (χ0n) is 17.9. The number of carbonyl (C=O) groups excluding carboxylic acids is 1. The molecule has 2 aliphatic rings. The molecular formula is C21H21F4N5O3. The maximum Gasteiger partial charge on any atom is 0.471 e. The lowest BCUT2D eigenvalue weighted by Gasteiger charge is -2.39. The van der Waals surface area contributed by atoms with Gasteiger partial charge in [0.2, 0.25) is 11.7 Å². The molecule has 2 aromatic rings. The Morgan fingerprint density at radius 2 is 2.00 bits per heavy atom. The molecule has 1 aromatic heterocycles. The van der Waals surface area contributed by atoms with Gasteiger partial charge in [-0.2, -0.15) is 23.4 Å². The molecule has 0 radical (unpaired) electrons. The lowest BCUT2D eigenvalue weighted by molar-refractivity contribution is -0.159. The average Bonchev–Trinajstić information content (AvgIpc) is 3.22. The van der Waals surface area contributed by atoms with Crippen molar-refractivity contribution in [2.45, 2.75) is 38.5 Å². The van der Waals surface area contributed by atoms with Crippen LogP contribution < -0.4 is 4.74 Å². The van der Waals surface area contributed by atoms with Gasteiger partial charge in [-0.1, -0.05) is 5.16 Å². The summed E-state index contributed by atoms with van der Waals surface area (Å²) in [5.74, 6) is -3.08. The Hall–Kier alpha value is -3.20. The van der Waals surface area contributed by atoms with E-state index in [4.69, 9.17) is 4.74 Å². The Balaban J connectivity index is 1.65. The van der Waals surface area contributed by atoms with Crippen LogP contribution in [0.15, 0.2) is 16.7 Å². The van der Waals surface area contributed by atoms with E-state index in [1.165, 1.54) is 11.0 Å². The van der Waals surface area contributed by atoms with Crippen molar-refractivity contribution in [2.24, 2.45) is 5.41 Å². The van der Waals surface area contributed by atoms with Gasteiger partial charge in [-0.25, -0.2) is 4.39 Å². The number of hydrogen-bond acceptors (Lipinski definition) is 7. The van der Waals surface area contributed by atoms with E-state index in [1.54, 1.807) is 6.92 Å². The van der Waals surface area contributed by atoms with Gasteiger partial charge in [0.05, 0.1) is 18.7 Å². The van der Waals surface area contributed by atoms with Crippen molar-refractivity contribution in [3.8, 4) is 23.2 Å². The molecule has 33 heavy (non-hydrogen) atoms. The highest BCUT2D eigenvalue weighted by molar-refractivity contribution is 5.86. The van der Waals surface area contributed by atoms with Crippen LogP contribution in [0.2, 0.25) is 0 Å². The summed E-state index contributed by atoms with van der Waals surface area (Å²) in [7, 11) is 1.92. The number of aromatic nitrogens is 2. The van der Waals surface area contributed by atoms with Crippen LogP contribution in [0.4, 0.5) is 17.6 Å². The lowest BCUT2D eigenvalue weighted by atomic mass is 9.78. The summed E-state index contributed by atoms with van der Waals surface area (Å²) in [4.78, 5) is 20.2. The van der Waals surface area contributed by atoms with Crippen LogP contribution in [0.5, 0.6) is 5.75 Å². The molecule has 1 aromatic carbocycles. The first-order chi connectivity index (χ1) is 15.5. The minimum atomic E-state index is -4.83. The van der Waals surface area contributed by atoms with E-state index in [1.807, 2.05) is 11.9 Å². The largest absolute Gasteiger partial charge is 0.491 e. The zero-order valence-corrected chi connectivity index (χ0v) is 17.9. The maximum absolute atomic E-state index is 15.1. The number of benzene rings is 1. The molecule has 0 bridgehead atoms. The van der Waals surface area contributed by atoms with E-state index in [0.717, 1.165) is 6.07 Å². The Bertz CT molecular complexity index is 1100. The minimum absolute atomic E-state index is 0.0170. The molecule has 12 heteroatoms. The molecule has 2 aliphatic heterocycles. The Kier molecular flexibility index (Phi) is 5.78. The van der Waals surface area contributed by atoms with Crippen molar-refractivity contribution in [1.82, 2.24) is 19.9 Å². The molecule has 0 N–H and O–H groups in total. The highest BCUT2D eigenvalue weighted by Crippen LogP contribution is 2.38. The summed E-state index contributed by atoms with van der Waals surface area (Å²) in [5, 5.41) is 13.1. The van der Waals surface area contributed by atoms with Gasteiger partial charge < -0.3 is 19.1 Å². The quantitative estimate of drug-likeness (QED) is 0.626. The molecular weight excluding hydrogens is 446 g/mol. The van der Waals surface area contributed by atoms with E-state index in [0.29, 0.717) is 25.9 Å². The molecule has 1 atom stereocenters. The van der Waals surface area contributed by atoms with E-state index in [-0.39, 0.29) is 35.9 Å². The standard InChI is InChI=1S/C21H21F4N5O3/c1-12-10-32-16-8-13(17-27-18(33-28-17)21(23,24)25)7-15(22)14(16)9-30(12)19(31)20(11-26)3-5-29(2)6-4-20/h7-8,12H,3-6,9-10H2,1-2H3/t12-/m1/s1. The monoisotopic (exact) mass is 467 g/mol. The zero-order chi connectivity index (χ0) is 24.0. The van der Waals surface area contributed by atoms with Crippen LogP contribution in [0.25, 0.3) is 11.4 Å². The number of amides is 1. The Labute approximate surface area is 186 Å². The summed E-state index contributed by atoms with van der Waals surface area (Å²) >= 11 is 0. The van der Waals surface area contributed by atoms with Crippen molar-refractivity contribution < 1.29 is 31.6 Å². The van der Waals surface area contributed by atoms with E-state index in [2.05, 4.69) is 20.7 Å². The van der Waals surface area contributed by atoms with Gasteiger partial charge in [0.1, 0.15) is 23.6 Å². The van der Waals surface area contributed by atoms with Crippen LogP contribution in [-0.2, 0) is 17.5 Å². The number of fused-ring (bicyclic) bond motifs is 1. The van der Waals surface area contributed by atoms with E-state index < -0.39 is 35.2 Å². The van der Waals surface area contributed by atoms with Crippen LogP contribution in [0.3, 0.4) is 0 Å². The van der Waals surface area contributed by atoms with Gasteiger partial charge in [-0.3, -0.25) is 4.79 Å². The van der Waals surface area contributed by atoms with Crippen molar-refractivity contribution in [2.75, 3.05) is 26.7 Å². The second-order valence-corrected chi connectivity index (χ2v) is 8.45. The Morgan fingerprint density at radius 3 is 2.61 bits per heavy atom. The molecule has 1 fully saturated rings. The topological polar surface area (TPSA) is 95.5 Å². The molecule has 4 rings (SSSR count). The number of halogens is 4. The summed E-state index contributed by atoms with van der Waals surface area (Å²) in [6, 6.07) is 4.02. The molecule has 8 nitrogen and oxygen atoms in total. The molecule has 0 unspecified atom stereocenters. The number of nitrogens with zero attached hydrogens (tertiary/aromatic N) is 5. The van der Waals surface area contributed by atoms with Gasteiger partial charge >= 0.3 is 12.1 Å². The van der Waals surface area contributed by atoms with Gasteiger partial charge in [0, 0.05) is 11.1 Å². The summed E-state index contributed by atoms with van der Waals surface area (Å²) in [5.41, 5.74) is -1.18. The number of ether oxygens (including phenoxy) is 1. The fourth-order valence-corrected chi connectivity index (χ4v) is 4.03. The minimum Gasteiger partial charge on any atom is -0.491 e. The molecule has 0 aliphatic carbocycles. The number of hydrogen-bond donors (Lipinski definition) is 0. The third kappa shape index (κ3) is 4.25. The van der Waals surface area contributed by atoms with E-state index in [9.17, 15) is 23.2 Å². The fourth-order valence-electron chi connectivity index (χ4n) is 4.03. The van der Waals surface area contributed by atoms with Gasteiger partial charge in [-0.05, 0) is 52.0 Å². The van der Waals surface area contributed by atoms with Crippen molar-refractivity contribution in [3.63, 3.8) is 0 Å². The third-order valence-corrected chi connectivity index (χ3v) is 6.15. The van der Waals surface area contributed by atoms with E-state index >= 15 is 4.39 Å². The predicted octanol–water partition coefficient (Wildman–Crippen LogP) is 3.24. The highest BCUT2D eigenvalue weighted by atomic mass is 19.4. The summed E-state index contributed by atoms with van der Waals surface area (Å²) in [6.07, 6.45) is -4.08. The number of carbonyl (C=O) groups is 1. The second kappa shape index (κ2) is 8.30. The predicted molar refractivity (Wildman–Crippen MR) is 105 cm³/mol. The molecule has 1 amide bonds. The molecule has 0 saturated carbocycles. The number of rotatable bonds is 2. The molecule has 176 valence electrons. The first-order valence-electron chi connectivity index (χ1n) is 10.3. The molecule has 0 spiro atoms. The molecule has 3 heterocycles. The van der Waals surface area contributed by atoms with Crippen molar-refractivity contribution >= 4 is 5.91 Å². The summed E-state index contributed by atoms with van der Waals surface area (Å²) < 4.78 is 63.3. The van der Waals surface area contributed by atoms with Crippen LogP contribution >= 0.6 is 0 Å². The van der Waals surface area contributed by atoms with Crippen molar-refractivity contribution in [3.05, 3.63) is 29.4 Å². The van der Waals surface area contributed by atoms with Gasteiger partial charge in [0.25, 0.3) is 0 Å². The normalized spacial score (nSPS) is 21.0. The average molecular weight is 467 g/mol. The first kappa shape index (κ1) is 23.0. The smallest absolute Gasteiger partial charge is 0.471 e. The number of nitriles is 1. The van der Waals surface area contributed by atoms with Gasteiger partial charge in [0.15, 0.2) is 0 Å². The number of alkyl halides is 3. The highest BCUT2D eigenvalue weighted by Gasteiger charge is 2.45. The first-order valence-corrected chi connectivity index (χ1v) is 10.3. The van der Waals surface area contributed by atoms with Crippen molar-refractivity contribution in [1.29, 1.82) is 5.26 Å².